The first-order chi connectivity index (χ1) is 10.1. The maximum absolute atomic E-state index is 11.3. The monoisotopic (exact) mass is 360 g/mol. The molecule has 3 nitrogen and oxygen atoms in total. The topological polar surface area (TPSA) is 34.9 Å². The predicted octanol–water partition coefficient (Wildman–Crippen LogP) is 4.79. The van der Waals surface area contributed by atoms with Crippen molar-refractivity contribution >= 4 is 33.6 Å². The van der Waals surface area contributed by atoms with Crippen molar-refractivity contribution in [3.8, 4) is 16.9 Å². The summed E-state index contributed by atoms with van der Waals surface area (Å²) in [6.45, 7) is 4.11. The van der Waals surface area contributed by atoms with Crippen molar-refractivity contribution in [2.45, 2.75) is 13.8 Å². The standard InChI is InChI=1S/C16H13BrN2OS/c1-10-3-11(2)5-13(4-10)19-6-12(7-20)16(18-19)14-8-21-9-15(14)17/h3-9H,1-2H3. The van der Waals surface area contributed by atoms with Gasteiger partial charge in [-0.15, -0.1) is 0 Å². The Balaban J connectivity index is 2.16. The number of carbonyl (C=O) groups is 1. The van der Waals surface area contributed by atoms with Crippen LogP contribution in [-0.4, -0.2) is 16.1 Å². The van der Waals surface area contributed by atoms with E-state index in [1.807, 2.05) is 10.8 Å². The molecule has 5 heteroatoms. The quantitative estimate of drug-likeness (QED) is 0.629. The van der Waals surface area contributed by atoms with Gasteiger partial charge < -0.3 is 0 Å². The van der Waals surface area contributed by atoms with Crippen molar-refractivity contribution < 1.29 is 4.79 Å². The van der Waals surface area contributed by atoms with Gasteiger partial charge in [0.2, 0.25) is 0 Å². The van der Waals surface area contributed by atoms with Crippen LogP contribution in [0.1, 0.15) is 21.5 Å². The minimum Gasteiger partial charge on any atom is -0.298 e. The highest BCUT2D eigenvalue weighted by atomic mass is 79.9. The van der Waals surface area contributed by atoms with Crippen LogP contribution in [-0.2, 0) is 0 Å². The van der Waals surface area contributed by atoms with Crippen LogP contribution in [0.15, 0.2) is 39.6 Å². The molecule has 3 aromatic rings. The molecule has 0 N–H and O–H groups in total. The highest BCUT2D eigenvalue weighted by Gasteiger charge is 2.15. The van der Waals surface area contributed by atoms with E-state index in [1.54, 1.807) is 22.2 Å². The molecule has 0 aliphatic heterocycles. The lowest BCUT2D eigenvalue weighted by Crippen LogP contribution is -1.96. The fraction of sp³-hybridized carbons (Fsp3) is 0.125. The summed E-state index contributed by atoms with van der Waals surface area (Å²) in [6.07, 6.45) is 2.63. The number of thiophene rings is 1. The van der Waals surface area contributed by atoms with Crippen molar-refractivity contribution in [3.63, 3.8) is 0 Å². The molecule has 0 spiro atoms. The summed E-state index contributed by atoms with van der Waals surface area (Å²) in [7, 11) is 0. The van der Waals surface area contributed by atoms with Gasteiger partial charge in [-0.05, 0) is 53.0 Å². The molecule has 0 amide bonds. The van der Waals surface area contributed by atoms with Crippen molar-refractivity contribution in [2.24, 2.45) is 0 Å². The van der Waals surface area contributed by atoms with Gasteiger partial charge in [-0.1, -0.05) is 6.07 Å². The fourth-order valence-corrected chi connectivity index (χ4v) is 3.82. The van der Waals surface area contributed by atoms with Crippen LogP contribution in [0, 0.1) is 13.8 Å². The zero-order valence-corrected chi connectivity index (χ0v) is 14.0. The molecule has 1 aromatic carbocycles. The van der Waals surface area contributed by atoms with Crippen molar-refractivity contribution in [3.05, 3.63) is 56.3 Å². The number of benzene rings is 1. The summed E-state index contributed by atoms with van der Waals surface area (Å²) in [5.41, 5.74) is 5.56. The number of hydrogen-bond acceptors (Lipinski definition) is 3. The zero-order valence-electron chi connectivity index (χ0n) is 11.6. The van der Waals surface area contributed by atoms with E-state index in [0.29, 0.717) is 11.3 Å². The van der Waals surface area contributed by atoms with E-state index in [2.05, 4.69) is 53.1 Å². The number of aldehydes is 1. The summed E-state index contributed by atoms with van der Waals surface area (Å²) in [5, 5.41) is 8.58. The lowest BCUT2D eigenvalue weighted by atomic mass is 10.1. The Morgan fingerprint density at radius 2 is 1.90 bits per heavy atom. The minimum atomic E-state index is 0.591. The molecule has 3 rings (SSSR count). The molecule has 0 saturated heterocycles. The van der Waals surface area contributed by atoms with E-state index in [4.69, 9.17) is 0 Å². The SMILES string of the molecule is Cc1cc(C)cc(-n2cc(C=O)c(-c3cscc3Br)n2)c1. The second-order valence-corrected chi connectivity index (χ2v) is 6.57. The number of carbonyl (C=O) groups excluding carboxylic acids is 1. The van der Waals surface area contributed by atoms with Gasteiger partial charge in [0.1, 0.15) is 5.69 Å². The van der Waals surface area contributed by atoms with Gasteiger partial charge in [0.25, 0.3) is 0 Å². The Morgan fingerprint density at radius 3 is 2.48 bits per heavy atom. The minimum absolute atomic E-state index is 0.591. The molecule has 21 heavy (non-hydrogen) atoms. The van der Waals surface area contributed by atoms with Crippen LogP contribution < -0.4 is 0 Å². The Hall–Kier alpha value is -1.72. The van der Waals surface area contributed by atoms with Crippen LogP contribution in [0.25, 0.3) is 16.9 Å². The van der Waals surface area contributed by atoms with Crippen LogP contribution in [0.2, 0.25) is 0 Å². The number of rotatable bonds is 3. The molecule has 0 radical (unpaired) electrons. The molecule has 0 unspecified atom stereocenters. The van der Waals surface area contributed by atoms with Gasteiger partial charge in [0, 0.05) is 27.0 Å². The smallest absolute Gasteiger partial charge is 0.153 e. The van der Waals surface area contributed by atoms with Crippen LogP contribution >= 0.6 is 27.3 Å². The number of aryl methyl sites for hydroxylation is 2. The molecule has 0 bridgehead atoms. The van der Waals surface area contributed by atoms with E-state index in [0.717, 1.165) is 22.0 Å². The largest absolute Gasteiger partial charge is 0.298 e. The number of nitrogens with zero attached hydrogens (tertiary/aromatic N) is 2. The Labute approximate surface area is 135 Å². The number of hydrogen-bond donors (Lipinski definition) is 0. The van der Waals surface area contributed by atoms with Gasteiger partial charge in [0.15, 0.2) is 6.29 Å². The van der Waals surface area contributed by atoms with Gasteiger partial charge in [-0.3, -0.25) is 4.79 Å². The second-order valence-electron chi connectivity index (χ2n) is 4.97. The summed E-state index contributed by atoms with van der Waals surface area (Å²) in [5.74, 6) is 0. The predicted molar refractivity (Wildman–Crippen MR) is 89.4 cm³/mol. The average molecular weight is 361 g/mol. The normalized spacial score (nSPS) is 10.8. The lowest BCUT2D eigenvalue weighted by molar-refractivity contribution is 0.112. The number of aromatic nitrogens is 2. The summed E-state index contributed by atoms with van der Waals surface area (Å²) in [4.78, 5) is 11.3. The Morgan fingerprint density at radius 1 is 1.19 bits per heavy atom. The first kappa shape index (κ1) is 14.2. The zero-order chi connectivity index (χ0) is 15.0. The third-order valence-electron chi connectivity index (χ3n) is 3.21. The Bertz CT molecular complexity index is 799. The molecule has 106 valence electrons. The van der Waals surface area contributed by atoms with E-state index < -0.39 is 0 Å². The van der Waals surface area contributed by atoms with Gasteiger partial charge in [-0.2, -0.15) is 16.4 Å². The van der Waals surface area contributed by atoms with E-state index in [1.165, 1.54) is 11.1 Å². The van der Waals surface area contributed by atoms with E-state index >= 15 is 0 Å². The van der Waals surface area contributed by atoms with Gasteiger partial charge >= 0.3 is 0 Å². The average Bonchev–Trinajstić information content (AvgIpc) is 3.03. The molecule has 2 heterocycles. The van der Waals surface area contributed by atoms with E-state index in [-0.39, 0.29) is 0 Å². The fourth-order valence-electron chi connectivity index (χ4n) is 2.35. The maximum atomic E-state index is 11.3. The summed E-state index contributed by atoms with van der Waals surface area (Å²) in [6, 6.07) is 6.23. The molecular formula is C16H13BrN2OS. The highest BCUT2D eigenvalue weighted by Crippen LogP contribution is 2.32. The van der Waals surface area contributed by atoms with Crippen LogP contribution in [0.3, 0.4) is 0 Å². The molecule has 0 aliphatic carbocycles. The Kier molecular flexibility index (Phi) is 3.78. The molecule has 0 saturated carbocycles. The first-order valence-corrected chi connectivity index (χ1v) is 8.17. The molecule has 2 aromatic heterocycles. The molecule has 0 atom stereocenters. The van der Waals surface area contributed by atoms with Gasteiger partial charge in [0.05, 0.1) is 11.3 Å². The second kappa shape index (κ2) is 5.58. The molecule has 0 fully saturated rings. The van der Waals surface area contributed by atoms with Crippen LogP contribution in [0.4, 0.5) is 0 Å². The lowest BCUT2D eigenvalue weighted by Gasteiger charge is -2.04. The molecule has 0 aliphatic rings. The summed E-state index contributed by atoms with van der Waals surface area (Å²) < 4.78 is 2.73. The van der Waals surface area contributed by atoms with Crippen LogP contribution in [0.5, 0.6) is 0 Å². The maximum Gasteiger partial charge on any atom is 0.153 e. The van der Waals surface area contributed by atoms with Crippen molar-refractivity contribution in [2.75, 3.05) is 0 Å². The summed E-state index contributed by atoms with van der Waals surface area (Å²) >= 11 is 5.08. The van der Waals surface area contributed by atoms with Crippen molar-refractivity contribution in [1.82, 2.24) is 9.78 Å². The molecular weight excluding hydrogens is 348 g/mol. The third kappa shape index (κ3) is 2.71. The third-order valence-corrected chi connectivity index (χ3v) is 4.91. The first-order valence-electron chi connectivity index (χ1n) is 6.44. The highest BCUT2D eigenvalue weighted by molar-refractivity contribution is 9.10. The van der Waals surface area contributed by atoms with E-state index in [9.17, 15) is 4.79 Å². The number of halogens is 1. The van der Waals surface area contributed by atoms with Gasteiger partial charge in [-0.25, -0.2) is 4.68 Å². The van der Waals surface area contributed by atoms with Crippen molar-refractivity contribution in [1.29, 1.82) is 0 Å².